The summed E-state index contributed by atoms with van der Waals surface area (Å²) in [5.41, 5.74) is 2.50. The van der Waals surface area contributed by atoms with Crippen LogP contribution in [0.2, 0.25) is 0 Å². The zero-order valence-corrected chi connectivity index (χ0v) is 14.3. The van der Waals surface area contributed by atoms with E-state index in [4.69, 9.17) is 4.74 Å². The molecule has 0 radical (unpaired) electrons. The smallest absolute Gasteiger partial charge is 0.255 e. The number of amides is 1. The number of nitrogens with zero attached hydrogens (tertiary/aromatic N) is 4. The number of ether oxygens (including phenoxy) is 1. The first-order chi connectivity index (χ1) is 12.2. The average molecular weight is 336 g/mol. The number of carbonyl (C=O) groups excluding carboxylic acids is 1. The summed E-state index contributed by atoms with van der Waals surface area (Å²) < 4.78 is 7.20. The van der Waals surface area contributed by atoms with Gasteiger partial charge in [-0.2, -0.15) is 0 Å². The summed E-state index contributed by atoms with van der Waals surface area (Å²) in [6.07, 6.45) is 5.45. The van der Waals surface area contributed by atoms with Gasteiger partial charge in [0.15, 0.2) is 0 Å². The minimum absolute atomic E-state index is 0.00547. The summed E-state index contributed by atoms with van der Waals surface area (Å²) in [6.45, 7) is 0. The highest BCUT2D eigenvalue weighted by Gasteiger charge is 2.34. The fraction of sp³-hybridized carbons (Fsp3) is 0.316. The predicted molar refractivity (Wildman–Crippen MR) is 94.8 cm³/mol. The Morgan fingerprint density at radius 3 is 2.72 bits per heavy atom. The molecule has 2 aromatic heterocycles. The van der Waals surface area contributed by atoms with Crippen molar-refractivity contribution in [3.63, 3.8) is 0 Å². The molecule has 0 bridgehead atoms. The van der Waals surface area contributed by atoms with E-state index in [0.717, 1.165) is 29.7 Å². The number of carbonyl (C=O) groups is 1. The molecule has 6 heteroatoms. The Morgan fingerprint density at radius 1 is 1.20 bits per heavy atom. The second-order valence-corrected chi connectivity index (χ2v) is 6.41. The number of rotatable bonds is 4. The van der Waals surface area contributed by atoms with Gasteiger partial charge in [-0.05, 0) is 37.1 Å². The molecule has 0 aliphatic heterocycles. The van der Waals surface area contributed by atoms with Gasteiger partial charge in [0.05, 0.1) is 22.7 Å². The first-order valence-electron chi connectivity index (χ1n) is 8.36. The summed E-state index contributed by atoms with van der Waals surface area (Å²) in [4.78, 5) is 23.2. The lowest BCUT2D eigenvalue weighted by molar-refractivity contribution is -0.0144. The fourth-order valence-corrected chi connectivity index (χ4v) is 3.21. The van der Waals surface area contributed by atoms with Gasteiger partial charge in [0.1, 0.15) is 12.1 Å². The fourth-order valence-electron chi connectivity index (χ4n) is 3.21. The first kappa shape index (κ1) is 15.8. The standard InChI is InChI=1S/C19H20N4O2/c1-22(14-9-15(10-14)25-2)19(24)13-7-8-18(20-11-13)23-12-21-16-5-3-4-6-17(16)23/h3-8,11-12,14-15H,9-10H2,1-2H3. The van der Waals surface area contributed by atoms with Gasteiger partial charge in [-0.25, -0.2) is 9.97 Å². The second kappa shape index (κ2) is 6.29. The molecule has 2 heterocycles. The molecule has 1 fully saturated rings. The Labute approximate surface area is 146 Å². The van der Waals surface area contributed by atoms with Gasteiger partial charge in [-0.3, -0.25) is 9.36 Å². The molecular weight excluding hydrogens is 316 g/mol. The van der Waals surface area contributed by atoms with Crippen LogP contribution < -0.4 is 0 Å². The molecule has 1 amide bonds. The largest absolute Gasteiger partial charge is 0.381 e. The molecule has 1 aliphatic rings. The number of hydrogen-bond donors (Lipinski definition) is 0. The molecule has 25 heavy (non-hydrogen) atoms. The number of hydrogen-bond acceptors (Lipinski definition) is 4. The highest BCUT2D eigenvalue weighted by atomic mass is 16.5. The minimum atomic E-state index is -0.00547. The van der Waals surface area contributed by atoms with Gasteiger partial charge in [0.2, 0.25) is 0 Å². The van der Waals surface area contributed by atoms with Crippen LogP contribution in [0, 0.1) is 0 Å². The molecule has 1 saturated carbocycles. The van der Waals surface area contributed by atoms with Crippen LogP contribution in [-0.2, 0) is 4.74 Å². The number of imidazole rings is 1. The second-order valence-electron chi connectivity index (χ2n) is 6.41. The van der Waals surface area contributed by atoms with Crippen molar-refractivity contribution in [1.82, 2.24) is 19.4 Å². The highest BCUT2D eigenvalue weighted by molar-refractivity contribution is 5.94. The van der Waals surface area contributed by atoms with Gasteiger partial charge >= 0.3 is 0 Å². The SMILES string of the molecule is COC1CC(N(C)C(=O)c2ccc(-n3cnc4ccccc43)nc2)C1. The van der Waals surface area contributed by atoms with Crippen LogP contribution in [-0.4, -0.2) is 51.6 Å². The van der Waals surface area contributed by atoms with E-state index in [2.05, 4.69) is 9.97 Å². The third-order valence-electron chi connectivity index (χ3n) is 4.97. The third kappa shape index (κ3) is 2.78. The average Bonchev–Trinajstić information content (AvgIpc) is 3.04. The van der Waals surface area contributed by atoms with E-state index in [1.54, 1.807) is 24.5 Å². The Kier molecular flexibility index (Phi) is 3.97. The zero-order valence-electron chi connectivity index (χ0n) is 14.3. The van der Waals surface area contributed by atoms with Gasteiger partial charge in [0.25, 0.3) is 5.91 Å². The lowest BCUT2D eigenvalue weighted by Crippen LogP contribution is -2.48. The first-order valence-corrected chi connectivity index (χ1v) is 8.36. The summed E-state index contributed by atoms with van der Waals surface area (Å²) in [5.74, 6) is 0.741. The summed E-state index contributed by atoms with van der Waals surface area (Å²) >= 11 is 0. The van der Waals surface area contributed by atoms with E-state index >= 15 is 0 Å². The van der Waals surface area contributed by atoms with Crippen molar-refractivity contribution in [1.29, 1.82) is 0 Å². The van der Waals surface area contributed by atoms with Crippen LogP contribution in [0.15, 0.2) is 48.9 Å². The Morgan fingerprint density at radius 2 is 2.00 bits per heavy atom. The molecule has 1 aromatic carbocycles. The van der Waals surface area contributed by atoms with Crippen molar-refractivity contribution in [3.8, 4) is 5.82 Å². The number of aromatic nitrogens is 3. The molecule has 0 atom stereocenters. The summed E-state index contributed by atoms with van der Waals surface area (Å²) in [7, 11) is 3.56. The van der Waals surface area contributed by atoms with Crippen LogP contribution in [0.4, 0.5) is 0 Å². The Balaban J connectivity index is 1.53. The van der Waals surface area contributed by atoms with E-state index in [9.17, 15) is 4.79 Å². The maximum absolute atomic E-state index is 12.6. The van der Waals surface area contributed by atoms with Crippen molar-refractivity contribution in [2.75, 3.05) is 14.2 Å². The molecule has 0 unspecified atom stereocenters. The number of methoxy groups -OCH3 is 1. The number of para-hydroxylation sites is 2. The molecule has 1 aliphatic carbocycles. The van der Waals surface area contributed by atoms with E-state index in [1.807, 2.05) is 48.0 Å². The van der Waals surface area contributed by atoms with Crippen LogP contribution in [0.5, 0.6) is 0 Å². The van der Waals surface area contributed by atoms with Crippen LogP contribution in [0.3, 0.4) is 0 Å². The lowest BCUT2D eigenvalue weighted by Gasteiger charge is -2.40. The molecule has 0 N–H and O–H groups in total. The maximum Gasteiger partial charge on any atom is 0.255 e. The molecule has 4 rings (SSSR count). The molecule has 3 aromatic rings. The Bertz CT molecular complexity index is 897. The zero-order chi connectivity index (χ0) is 17.4. The van der Waals surface area contributed by atoms with Gasteiger partial charge < -0.3 is 9.64 Å². The van der Waals surface area contributed by atoms with Crippen LogP contribution >= 0.6 is 0 Å². The topological polar surface area (TPSA) is 60.2 Å². The van der Waals surface area contributed by atoms with E-state index in [1.165, 1.54) is 0 Å². The maximum atomic E-state index is 12.6. The van der Waals surface area contributed by atoms with Crippen molar-refractivity contribution >= 4 is 16.9 Å². The molecule has 128 valence electrons. The number of pyridine rings is 1. The van der Waals surface area contributed by atoms with E-state index in [0.29, 0.717) is 5.56 Å². The lowest BCUT2D eigenvalue weighted by atomic mass is 9.88. The predicted octanol–water partition coefficient (Wildman–Crippen LogP) is 2.67. The van der Waals surface area contributed by atoms with Crippen molar-refractivity contribution < 1.29 is 9.53 Å². The van der Waals surface area contributed by atoms with Gasteiger partial charge in [0, 0.05) is 26.4 Å². The number of fused-ring (bicyclic) bond motifs is 1. The van der Waals surface area contributed by atoms with Crippen molar-refractivity contribution in [2.45, 2.75) is 25.0 Å². The summed E-state index contributed by atoms with van der Waals surface area (Å²) in [5, 5.41) is 0. The van der Waals surface area contributed by atoms with E-state index < -0.39 is 0 Å². The Hall–Kier alpha value is -2.73. The van der Waals surface area contributed by atoms with Gasteiger partial charge in [-0.15, -0.1) is 0 Å². The molecular formula is C19H20N4O2. The monoisotopic (exact) mass is 336 g/mol. The van der Waals surface area contributed by atoms with Crippen LogP contribution in [0.25, 0.3) is 16.9 Å². The molecule has 0 spiro atoms. The van der Waals surface area contributed by atoms with Crippen LogP contribution in [0.1, 0.15) is 23.2 Å². The quantitative estimate of drug-likeness (QED) is 0.735. The third-order valence-corrected chi connectivity index (χ3v) is 4.97. The number of benzene rings is 1. The van der Waals surface area contributed by atoms with Crippen molar-refractivity contribution in [3.05, 3.63) is 54.5 Å². The van der Waals surface area contributed by atoms with Crippen molar-refractivity contribution in [2.24, 2.45) is 0 Å². The van der Waals surface area contributed by atoms with Gasteiger partial charge in [-0.1, -0.05) is 12.1 Å². The summed E-state index contributed by atoms with van der Waals surface area (Å²) in [6, 6.07) is 11.8. The highest BCUT2D eigenvalue weighted by Crippen LogP contribution is 2.28. The van der Waals surface area contributed by atoms with E-state index in [-0.39, 0.29) is 18.1 Å². The minimum Gasteiger partial charge on any atom is -0.381 e. The molecule has 0 saturated heterocycles. The molecule has 6 nitrogen and oxygen atoms in total. The normalized spacial score (nSPS) is 19.6.